The molecule has 1 N–H and O–H groups in total. The summed E-state index contributed by atoms with van der Waals surface area (Å²) in [7, 11) is 0. The van der Waals surface area contributed by atoms with Crippen LogP contribution < -0.4 is 5.32 Å². The fraction of sp³-hybridized carbons (Fsp3) is 0.286. The van der Waals surface area contributed by atoms with Gasteiger partial charge in [0.2, 0.25) is 0 Å². The number of aromatic nitrogens is 2. The largest absolute Gasteiger partial charge is 0.337 e. The first-order valence-electron chi connectivity index (χ1n) is 6.12. The summed E-state index contributed by atoms with van der Waals surface area (Å²) in [5, 5.41) is 2.82. The van der Waals surface area contributed by atoms with Crippen LogP contribution >= 0.6 is 11.6 Å². The Labute approximate surface area is 116 Å². The van der Waals surface area contributed by atoms with E-state index in [0.29, 0.717) is 12.1 Å². The first-order chi connectivity index (χ1) is 9.13. The minimum absolute atomic E-state index is 0.167. The maximum absolute atomic E-state index is 14.1. The zero-order chi connectivity index (χ0) is 13.8. The van der Waals surface area contributed by atoms with E-state index in [0.717, 1.165) is 11.3 Å². The van der Waals surface area contributed by atoms with Crippen LogP contribution in [0.2, 0.25) is 0 Å². The number of nitrogens with one attached hydrogen (secondary N) is 1. The number of nitrogens with zero attached hydrogens (tertiary/aromatic N) is 2. The lowest BCUT2D eigenvalue weighted by molar-refractivity contribution is 0.598. The lowest BCUT2D eigenvalue weighted by Gasteiger charge is -2.13. The van der Waals surface area contributed by atoms with Crippen molar-refractivity contribution in [3.8, 4) is 0 Å². The fourth-order valence-corrected chi connectivity index (χ4v) is 2.02. The van der Waals surface area contributed by atoms with E-state index in [4.69, 9.17) is 11.6 Å². The van der Waals surface area contributed by atoms with Gasteiger partial charge in [-0.25, -0.2) is 14.4 Å². The summed E-state index contributed by atoms with van der Waals surface area (Å²) in [4.78, 5) is 7.85. The van der Waals surface area contributed by atoms with Crippen molar-refractivity contribution in [1.82, 2.24) is 9.97 Å². The Morgan fingerprint density at radius 3 is 2.74 bits per heavy atom. The van der Waals surface area contributed by atoms with Gasteiger partial charge in [-0.3, -0.25) is 0 Å². The highest BCUT2D eigenvalue weighted by Crippen LogP contribution is 2.29. The third-order valence-corrected chi connectivity index (χ3v) is 3.07. The van der Waals surface area contributed by atoms with Gasteiger partial charge in [0.05, 0.1) is 11.1 Å². The van der Waals surface area contributed by atoms with E-state index in [2.05, 4.69) is 15.3 Å². The second kappa shape index (κ2) is 5.97. The first kappa shape index (κ1) is 13.7. The maximum Gasteiger partial charge on any atom is 0.187 e. The van der Waals surface area contributed by atoms with E-state index in [1.807, 2.05) is 38.1 Å². The van der Waals surface area contributed by atoms with Crippen molar-refractivity contribution in [2.75, 3.05) is 5.32 Å². The normalized spacial score (nSPS) is 12.2. The molecule has 3 nitrogen and oxygen atoms in total. The third-order valence-electron chi connectivity index (χ3n) is 2.84. The van der Waals surface area contributed by atoms with E-state index < -0.39 is 5.82 Å². The van der Waals surface area contributed by atoms with E-state index in [1.54, 1.807) is 0 Å². The van der Waals surface area contributed by atoms with Crippen molar-refractivity contribution in [3.05, 3.63) is 47.7 Å². The second-order valence-electron chi connectivity index (χ2n) is 4.16. The van der Waals surface area contributed by atoms with Crippen molar-refractivity contribution >= 4 is 23.1 Å². The molecule has 100 valence electrons. The molecule has 0 saturated carbocycles. The van der Waals surface area contributed by atoms with Crippen LogP contribution in [0, 0.1) is 5.82 Å². The summed E-state index contributed by atoms with van der Waals surface area (Å²) >= 11 is 6.11. The smallest absolute Gasteiger partial charge is 0.187 e. The molecule has 0 bridgehead atoms. The van der Waals surface area contributed by atoms with Crippen LogP contribution in [0.1, 0.15) is 30.5 Å². The number of rotatable bonds is 4. The molecule has 1 unspecified atom stereocenters. The molecule has 1 atom stereocenters. The predicted octanol–water partition coefficient (Wildman–Crippen LogP) is 4.22. The molecule has 1 heterocycles. The summed E-state index contributed by atoms with van der Waals surface area (Å²) in [5.74, 6) is -0.237. The average molecular weight is 280 g/mol. The zero-order valence-corrected chi connectivity index (χ0v) is 11.6. The molecule has 0 aliphatic heterocycles. The Hall–Kier alpha value is -1.68. The van der Waals surface area contributed by atoms with Crippen molar-refractivity contribution in [3.63, 3.8) is 0 Å². The molecular formula is C14H15ClFN3. The quantitative estimate of drug-likeness (QED) is 0.852. The fourth-order valence-electron chi connectivity index (χ4n) is 1.83. The number of halogens is 2. The number of anilines is 2. The van der Waals surface area contributed by atoms with Crippen molar-refractivity contribution in [1.29, 1.82) is 0 Å². The van der Waals surface area contributed by atoms with Gasteiger partial charge >= 0.3 is 0 Å². The van der Waals surface area contributed by atoms with Crippen molar-refractivity contribution < 1.29 is 4.39 Å². The van der Waals surface area contributed by atoms with Gasteiger partial charge in [0.25, 0.3) is 0 Å². The highest BCUT2D eigenvalue weighted by atomic mass is 35.5. The summed E-state index contributed by atoms with van der Waals surface area (Å²) in [6.45, 7) is 3.72. The standard InChI is InChI=1S/C14H15ClFN3/c1-3-11-13(16)14(18-8-17-11)19-12-7-5-4-6-10(12)9(2)15/h4-9H,3H2,1-2H3,(H,17,18,19). The van der Waals surface area contributed by atoms with Gasteiger partial charge in [0.1, 0.15) is 6.33 Å². The Morgan fingerprint density at radius 2 is 2.05 bits per heavy atom. The molecule has 0 spiro atoms. The SMILES string of the molecule is CCc1ncnc(Nc2ccccc2C(C)Cl)c1F. The van der Waals surface area contributed by atoms with Crippen molar-refractivity contribution in [2.24, 2.45) is 0 Å². The molecule has 1 aromatic heterocycles. The van der Waals surface area contributed by atoms with Crippen LogP contribution in [0.5, 0.6) is 0 Å². The number of alkyl halides is 1. The topological polar surface area (TPSA) is 37.8 Å². The molecule has 5 heteroatoms. The lowest BCUT2D eigenvalue weighted by atomic mass is 10.1. The third kappa shape index (κ3) is 3.01. The van der Waals surface area contributed by atoms with E-state index in [9.17, 15) is 4.39 Å². The highest BCUT2D eigenvalue weighted by Gasteiger charge is 2.13. The lowest BCUT2D eigenvalue weighted by Crippen LogP contribution is -2.04. The number of aryl methyl sites for hydroxylation is 1. The number of hydrogen-bond donors (Lipinski definition) is 1. The number of para-hydroxylation sites is 1. The summed E-state index contributed by atoms with van der Waals surface area (Å²) in [6.07, 6.45) is 1.88. The Morgan fingerprint density at radius 1 is 1.32 bits per heavy atom. The molecule has 0 aliphatic rings. The van der Waals surface area contributed by atoms with Gasteiger partial charge in [0, 0.05) is 5.69 Å². The Balaban J connectivity index is 2.37. The van der Waals surface area contributed by atoms with Gasteiger partial charge < -0.3 is 5.32 Å². The highest BCUT2D eigenvalue weighted by molar-refractivity contribution is 6.21. The molecule has 0 radical (unpaired) electrons. The molecule has 0 amide bonds. The van der Waals surface area contributed by atoms with Crippen molar-refractivity contribution in [2.45, 2.75) is 25.6 Å². The first-order valence-corrected chi connectivity index (χ1v) is 6.56. The molecule has 19 heavy (non-hydrogen) atoms. The second-order valence-corrected chi connectivity index (χ2v) is 4.82. The molecule has 2 rings (SSSR count). The zero-order valence-electron chi connectivity index (χ0n) is 10.8. The summed E-state index contributed by atoms with van der Waals surface area (Å²) < 4.78 is 14.1. The summed E-state index contributed by atoms with van der Waals surface area (Å²) in [6, 6.07) is 7.51. The van der Waals surface area contributed by atoms with Crippen LogP contribution in [0.4, 0.5) is 15.9 Å². The Bertz CT molecular complexity index is 572. The van der Waals surface area contributed by atoms with Gasteiger partial charge in [-0.1, -0.05) is 25.1 Å². The van der Waals surface area contributed by atoms with Gasteiger partial charge in [-0.05, 0) is 25.0 Å². The van der Waals surface area contributed by atoms with Crippen LogP contribution in [0.15, 0.2) is 30.6 Å². The molecule has 0 saturated heterocycles. The maximum atomic E-state index is 14.1. The number of hydrogen-bond acceptors (Lipinski definition) is 3. The van der Waals surface area contributed by atoms with Crippen LogP contribution in [0.3, 0.4) is 0 Å². The molecule has 0 fully saturated rings. The number of benzene rings is 1. The monoisotopic (exact) mass is 279 g/mol. The molecular weight excluding hydrogens is 265 g/mol. The minimum Gasteiger partial charge on any atom is -0.337 e. The summed E-state index contributed by atoms with van der Waals surface area (Å²) in [5.41, 5.74) is 2.05. The molecule has 1 aromatic carbocycles. The Kier molecular flexibility index (Phi) is 4.32. The minimum atomic E-state index is -0.415. The van der Waals surface area contributed by atoms with Crippen LogP contribution in [0.25, 0.3) is 0 Å². The van der Waals surface area contributed by atoms with Crippen LogP contribution in [-0.2, 0) is 6.42 Å². The van der Waals surface area contributed by atoms with E-state index in [-0.39, 0.29) is 11.2 Å². The van der Waals surface area contributed by atoms with Gasteiger partial charge in [-0.15, -0.1) is 11.6 Å². The van der Waals surface area contributed by atoms with Gasteiger partial charge in [0.15, 0.2) is 11.6 Å². The average Bonchev–Trinajstić information content (AvgIpc) is 2.41. The molecule has 2 aromatic rings. The van der Waals surface area contributed by atoms with E-state index in [1.165, 1.54) is 6.33 Å². The van der Waals surface area contributed by atoms with E-state index >= 15 is 0 Å². The van der Waals surface area contributed by atoms with Crippen LogP contribution in [-0.4, -0.2) is 9.97 Å². The van der Waals surface area contributed by atoms with Gasteiger partial charge in [-0.2, -0.15) is 0 Å². The predicted molar refractivity (Wildman–Crippen MR) is 75.4 cm³/mol. The molecule has 0 aliphatic carbocycles.